The average Bonchev–Trinajstić information content (AvgIpc) is 2.41. The Hall–Kier alpha value is -1.55. The van der Waals surface area contributed by atoms with Crippen LogP contribution in [0.15, 0.2) is 18.2 Å². The number of carbonyl (C=O) groups excluding carboxylic acids is 1. The van der Waals surface area contributed by atoms with Crippen LogP contribution in [0.3, 0.4) is 0 Å². The maximum absolute atomic E-state index is 12.5. The lowest BCUT2D eigenvalue weighted by Crippen LogP contribution is -2.44. The van der Waals surface area contributed by atoms with Crippen molar-refractivity contribution < 1.29 is 9.90 Å². The van der Waals surface area contributed by atoms with Gasteiger partial charge in [0.2, 0.25) is 0 Å². The molecule has 0 aromatic heterocycles. The fourth-order valence-corrected chi connectivity index (χ4v) is 2.61. The first-order chi connectivity index (χ1) is 9.00. The number of likely N-dealkylation sites (tertiary alicyclic amines) is 1. The first-order valence-corrected chi connectivity index (χ1v) is 6.75. The minimum Gasteiger partial charge on any atom is -0.508 e. The number of piperidine rings is 1. The van der Waals surface area contributed by atoms with E-state index in [0.29, 0.717) is 17.2 Å². The second-order valence-corrected chi connectivity index (χ2v) is 5.44. The largest absolute Gasteiger partial charge is 0.508 e. The van der Waals surface area contributed by atoms with Gasteiger partial charge in [-0.2, -0.15) is 0 Å². The lowest BCUT2D eigenvalue weighted by atomic mass is 10.0. The summed E-state index contributed by atoms with van der Waals surface area (Å²) in [7, 11) is 4.17. The van der Waals surface area contributed by atoms with E-state index in [1.54, 1.807) is 25.1 Å². The summed E-state index contributed by atoms with van der Waals surface area (Å²) >= 11 is 0. The fourth-order valence-electron chi connectivity index (χ4n) is 2.61. The Morgan fingerprint density at radius 1 is 1.32 bits per heavy atom. The predicted molar refractivity (Wildman–Crippen MR) is 75.5 cm³/mol. The van der Waals surface area contributed by atoms with Gasteiger partial charge in [-0.05, 0) is 46.0 Å². The molecule has 1 aliphatic heterocycles. The molecule has 1 heterocycles. The van der Waals surface area contributed by atoms with Crippen molar-refractivity contribution in [3.05, 3.63) is 29.3 Å². The Bertz CT molecular complexity index is 463. The van der Waals surface area contributed by atoms with Crippen molar-refractivity contribution in [1.29, 1.82) is 0 Å². The zero-order chi connectivity index (χ0) is 14.0. The van der Waals surface area contributed by atoms with Crippen LogP contribution in [0.5, 0.6) is 5.75 Å². The summed E-state index contributed by atoms with van der Waals surface area (Å²) in [4.78, 5) is 16.6. The molecule has 4 nitrogen and oxygen atoms in total. The molecule has 4 heteroatoms. The number of phenolic OH excluding ortho intramolecular Hbond substituents is 1. The van der Waals surface area contributed by atoms with Gasteiger partial charge < -0.3 is 14.9 Å². The van der Waals surface area contributed by atoms with Crippen molar-refractivity contribution in [2.24, 2.45) is 0 Å². The van der Waals surface area contributed by atoms with Crippen LogP contribution >= 0.6 is 0 Å². The molecule has 104 valence electrons. The van der Waals surface area contributed by atoms with E-state index in [-0.39, 0.29) is 11.7 Å². The molecule has 0 aliphatic carbocycles. The summed E-state index contributed by atoms with van der Waals surface area (Å²) < 4.78 is 0. The van der Waals surface area contributed by atoms with Crippen molar-refractivity contribution in [2.45, 2.75) is 25.8 Å². The summed E-state index contributed by atoms with van der Waals surface area (Å²) in [6.07, 6.45) is 2.02. The highest BCUT2D eigenvalue weighted by Gasteiger charge is 2.25. The van der Waals surface area contributed by atoms with Gasteiger partial charge in [0.05, 0.1) is 0 Å². The van der Waals surface area contributed by atoms with Gasteiger partial charge in [0.15, 0.2) is 0 Å². The van der Waals surface area contributed by atoms with E-state index < -0.39 is 0 Å². The third-order valence-electron chi connectivity index (χ3n) is 4.02. The lowest BCUT2D eigenvalue weighted by molar-refractivity contribution is 0.0662. The minimum absolute atomic E-state index is 0.0330. The molecular weight excluding hydrogens is 240 g/mol. The van der Waals surface area contributed by atoms with E-state index in [0.717, 1.165) is 25.9 Å². The third-order valence-corrected chi connectivity index (χ3v) is 4.02. The van der Waals surface area contributed by atoms with Crippen LogP contribution in [0.4, 0.5) is 0 Å². The first-order valence-electron chi connectivity index (χ1n) is 6.75. The van der Waals surface area contributed by atoms with Crippen molar-refractivity contribution in [1.82, 2.24) is 9.80 Å². The summed E-state index contributed by atoms with van der Waals surface area (Å²) in [5.74, 6) is 0.222. The maximum Gasteiger partial charge on any atom is 0.254 e. The number of nitrogens with zero attached hydrogens (tertiary/aromatic N) is 2. The molecule has 2 rings (SSSR count). The zero-order valence-corrected chi connectivity index (χ0v) is 11.9. The highest BCUT2D eigenvalue weighted by molar-refractivity contribution is 5.96. The Balaban J connectivity index is 2.07. The molecule has 0 radical (unpaired) electrons. The molecule has 1 aliphatic rings. The number of aromatic hydroxyl groups is 1. The molecule has 0 unspecified atom stereocenters. The van der Waals surface area contributed by atoms with Crippen molar-refractivity contribution in [2.75, 3.05) is 27.2 Å². The number of hydrogen-bond acceptors (Lipinski definition) is 3. The number of rotatable bonds is 2. The minimum atomic E-state index is 0.0330. The smallest absolute Gasteiger partial charge is 0.254 e. The molecule has 1 saturated heterocycles. The quantitative estimate of drug-likeness (QED) is 0.885. The van der Waals surface area contributed by atoms with E-state index >= 15 is 0 Å². The normalized spacial score (nSPS) is 16.9. The second kappa shape index (κ2) is 5.61. The average molecular weight is 262 g/mol. The van der Waals surface area contributed by atoms with Gasteiger partial charge in [-0.3, -0.25) is 4.79 Å². The van der Waals surface area contributed by atoms with Gasteiger partial charge in [0.25, 0.3) is 5.91 Å². The van der Waals surface area contributed by atoms with Crippen molar-refractivity contribution in [3.63, 3.8) is 0 Å². The van der Waals surface area contributed by atoms with E-state index in [2.05, 4.69) is 19.0 Å². The van der Waals surface area contributed by atoms with Gasteiger partial charge in [-0.1, -0.05) is 6.07 Å². The topological polar surface area (TPSA) is 43.8 Å². The fraction of sp³-hybridized carbons (Fsp3) is 0.533. The van der Waals surface area contributed by atoms with Crippen molar-refractivity contribution in [3.8, 4) is 5.75 Å². The lowest BCUT2D eigenvalue weighted by Gasteiger charge is -2.35. The Morgan fingerprint density at radius 2 is 1.95 bits per heavy atom. The molecule has 1 N–H and O–H groups in total. The summed E-state index contributed by atoms with van der Waals surface area (Å²) in [6.45, 7) is 3.36. The molecule has 1 fully saturated rings. The molecule has 0 saturated carbocycles. The standard InChI is InChI=1S/C15H22N2O2/c1-11-13(5-4-6-14(11)18)15(19)17-9-7-12(8-10-17)16(2)3/h4-6,12,18H,7-10H2,1-3H3. The van der Waals surface area contributed by atoms with Crippen LogP contribution in [0.2, 0.25) is 0 Å². The summed E-state index contributed by atoms with van der Waals surface area (Å²) in [6, 6.07) is 5.69. The van der Waals surface area contributed by atoms with Gasteiger partial charge in [0, 0.05) is 30.3 Å². The highest BCUT2D eigenvalue weighted by Crippen LogP contribution is 2.23. The van der Waals surface area contributed by atoms with E-state index in [1.165, 1.54) is 0 Å². The summed E-state index contributed by atoms with van der Waals surface area (Å²) in [5, 5.41) is 9.68. The SMILES string of the molecule is Cc1c(O)cccc1C(=O)N1CCC(N(C)C)CC1. The van der Waals surface area contributed by atoms with E-state index in [1.807, 2.05) is 4.90 Å². The van der Waals surface area contributed by atoms with Crippen LogP contribution in [0.1, 0.15) is 28.8 Å². The number of carbonyl (C=O) groups is 1. The highest BCUT2D eigenvalue weighted by atomic mass is 16.3. The molecular formula is C15H22N2O2. The third kappa shape index (κ3) is 2.89. The van der Waals surface area contributed by atoms with Gasteiger partial charge in [-0.15, -0.1) is 0 Å². The van der Waals surface area contributed by atoms with E-state index in [4.69, 9.17) is 0 Å². The summed E-state index contributed by atoms with van der Waals surface area (Å²) in [5.41, 5.74) is 1.28. The van der Waals surface area contributed by atoms with Gasteiger partial charge in [0.1, 0.15) is 5.75 Å². The molecule has 19 heavy (non-hydrogen) atoms. The van der Waals surface area contributed by atoms with Gasteiger partial charge >= 0.3 is 0 Å². The molecule has 0 spiro atoms. The van der Waals surface area contributed by atoms with Gasteiger partial charge in [-0.25, -0.2) is 0 Å². The Morgan fingerprint density at radius 3 is 2.53 bits per heavy atom. The predicted octanol–water partition coefficient (Wildman–Crippen LogP) is 1.87. The second-order valence-electron chi connectivity index (χ2n) is 5.44. The van der Waals surface area contributed by atoms with Crippen LogP contribution in [-0.4, -0.2) is 54.0 Å². The maximum atomic E-state index is 12.5. The molecule has 0 atom stereocenters. The number of amides is 1. The van der Waals surface area contributed by atoms with Crippen LogP contribution < -0.4 is 0 Å². The monoisotopic (exact) mass is 262 g/mol. The van der Waals surface area contributed by atoms with Crippen LogP contribution in [0.25, 0.3) is 0 Å². The number of hydrogen-bond donors (Lipinski definition) is 1. The van der Waals surface area contributed by atoms with Crippen molar-refractivity contribution >= 4 is 5.91 Å². The molecule has 1 aromatic carbocycles. The van der Waals surface area contributed by atoms with Crippen LogP contribution in [0, 0.1) is 6.92 Å². The number of phenols is 1. The zero-order valence-electron chi connectivity index (χ0n) is 11.9. The first kappa shape index (κ1) is 13.9. The Labute approximate surface area is 114 Å². The molecule has 1 amide bonds. The van der Waals surface area contributed by atoms with E-state index in [9.17, 15) is 9.90 Å². The Kier molecular flexibility index (Phi) is 4.10. The molecule has 0 bridgehead atoms. The van der Waals surface area contributed by atoms with Crippen LogP contribution in [-0.2, 0) is 0 Å². The molecule has 1 aromatic rings. The number of benzene rings is 1.